The van der Waals surface area contributed by atoms with Crippen LogP contribution in [-0.2, 0) is 0 Å². The SMILES string of the molecule is CC(NCCC1CCCCN1C)c1ccsc1. The fourth-order valence-electron chi connectivity index (χ4n) is 2.61. The molecule has 2 heterocycles. The lowest BCUT2D eigenvalue weighted by Gasteiger charge is -2.32. The highest BCUT2D eigenvalue weighted by atomic mass is 32.1. The van der Waals surface area contributed by atoms with Crippen LogP contribution in [0.1, 0.15) is 44.2 Å². The molecule has 1 fully saturated rings. The third kappa shape index (κ3) is 3.80. The minimum absolute atomic E-state index is 0.496. The number of nitrogens with one attached hydrogen (secondary N) is 1. The third-order valence-electron chi connectivity index (χ3n) is 3.89. The van der Waals surface area contributed by atoms with E-state index in [-0.39, 0.29) is 0 Å². The predicted octanol–water partition coefficient (Wildman–Crippen LogP) is 3.27. The second-order valence-electron chi connectivity index (χ2n) is 5.15. The van der Waals surface area contributed by atoms with Gasteiger partial charge < -0.3 is 10.2 Å². The Morgan fingerprint density at radius 2 is 2.41 bits per heavy atom. The molecular formula is C14H24N2S. The Kier molecular flexibility index (Phi) is 5.01. The van der Waals surface area contributed by atoms with Crippen LogP contribution in [-0.4, -0.2) is 31.1 Å². The maximum Gasteiger partial charge on any atom is 0.0300 e. The molecule has 0 spiro atoms. The fraction of sp³-hybridized carbons (Fsp3) is 0.714. The van der Waals surface area contributed by atoms with Crippen LogP contribution in [0.5, 0.6) is 0 Å². The van der Waals surface area contributed by atoms with Gasteiger partial charge in [0, 0.05) is 12.1 Å². The Hall–Kier alpha value is -0.380. The van der Waals surface area contributed by atoms with Gasteiger partial charge in [0.15, 0.2) is 0 Å². The second kappa shape index (κ2) is 6.53. The number of hydrogen-bond acceptors (Lipinski definition) is 3. The highest BCUT2D eigenvalue weighted by molar-refractivity contribution is 7.07. The van der Waals surface area contributed by atoms with E-state index in [0.29, 0.717) is 6.04 Å². The maximum absolute atomic E-state index is 3.63. The van der Waals surface area contributed by atoms with E-state index in [4.69, 9.17) is 0 Å². The monoisotopic (exact) mass is 252 g/mol. The van der Waals surface area contributed by atoms with E-state index in [1.807, 2.05) is 0 Å². The molecule has 1 aliphatic heterocycles. The van der Waals surface area contributed by atoms with Crippen molar-refractivity contribution in [3.63, 3.8) is 0 Å². The third-order valence-corrected chi connectivity index (χ3v) is 4.59. The Bertz CT molecular complexity index is 310. The van der Waals surface area contributed by atoms with Crippen molar-refractivity contribution in [2.24, 2.45) is 0 Å². The highest BCUT2D eigenvalue weighted by Crippen LogP contribution is 2.19. The van der Waals surface area contributed by atoms with Gasteiger partial charge in [0.05, 0.1) is 0 Å². The number of hydrogen-bond donors (Lipinski definition) is 1. The lowest BCUT2D eigenvalue weighted by atomic mass is 10.00. The molecule has 96 valence electrons. The van der Waals surface area contributed by atoms with Gasteiger partial charge in [-0.1, -0.05) is 6.42 Å². The number of likely N-dealkylation sites (tertiary alicyclic amines) is 1. The topological polar surface area (TPSA) is 15.3 Å². The normalized spacial score (nSPS) is 23.8. The van der Waals surface area contributed by atoms with Gasteiger partial charge in [-0.2, -0.15) is 11.3 Å². The van der Waals surface area contributed by atoms with Crippen LogP contribution >= 0.6 is 11.3 Å². The summed E-state index contributed by atoms with van der Waals surface area (Å²) in [5.41, 5.74) is 1.42. The van der Waals surface area contributed by atoms with E-state index < -0.39 is 0 Å². The summed E-state index contributed by atoms with van der Waals surface area (Å²) >= 11 is 1.78. The molecule has 0 bridgehead atoms. The zero-order chi connectivity index (χ0) is 12.1. The molecule has 1 aromatic rings. The summed E-state index contributed by atoms with van der Waals surface area (Å²) in [6.45, 7) is 4.67. The van der Waals surface area contributed by atoms with Gasteiger partial charge in [-0.05, 0) is 68.7 Å². The van der Waals surface area contributed by atoms with Crippen LogP contribution in [0, 0.1) is 0 Å². The zero-order valence-corrected chi connectivity index (χ0v) is 11.8. The molecule has 2 rings (SSSR count). The van der Waals surface area contributed by atoms with Crippen LogP contribution < -0.4 is 5.32 Å². The van der Waals surface area contributed by atoms with E-state index >= 15 is 0 Å². The maximum atomic E-state index is 3.63. The quantitative estimate of drug-likeness (QED) is 0.865. The zero-order valence-electron chi connectivity index (χ0n) is 11.0. The van der Waals surface area contributed by atoms with Crippen molar-refractivity contribution in [2.45, 2.75) is 44.7 Å². The van der Waals surface area contributed by atoms with Gasteiger partial charge in [-0.25, -0.2) is 0 Å². The van der Waals surface area contributed by atoms with Crippen LogP contribution in [0.2, 0.25) is 0 Å². The number of thiophene rings is 1. The summed E-state index contributed by atoms with van der Waals surface area (Å²) in [7, 11) is 2.27. The Labute approximate surface area is 109 Å². The van der Waals surface area contributed by atoms with Gasteiger partial charge in [-0.15, -0.1) is 0 Å². The Morgan fingerprint density at radius 1 is 1.53 bits per heavy atom. The first kappa shape index (κ1) is 13.1. The van der Waals surface area contributed by atoms with E-state index in [1.54, 1.807) is 11.3 Å². The van der Waals surface area contributed by atoms with Crippen molar-refractivity contribution in [3.8, 4) is 0 Å². The molecule has 0 aliphatic carbocycles. The van der Waals surface area contributed by atoms with Gasteiger partial charge >= 0.3 is 0 Å². The highest BCUT2D eigenvalue weighted by Gasteiger charge is 2.18. The molecule has 0 saturated carbocycles. The minimum Gasteiger partial charge on any atom is -0.310 e. The minimum atomic E-state index is 0.496. The van der Waals surface area contributed by atoms with Crippen molar-refractivity contribution in [1.29, 1.82) is 0 Å². The van der Waals surface area contributed by atoms with E-state index in [0.717, 1.165) is 12.6 Å². The summed E-state index contributed by atoms with van der Waals surface area (Å²) in [6.07, 6.45) is 5.46. The smallest absolute Gasteiger partial charge is 0.0300 e. The standard InChI is InChI=1S/C14H24N2S/c1-12(13-7-10-17-11-13)15-8-6-14-5-3-4-9-16(14)2/h7,10-12,14-15H,3-6,8-9H2,1-2H3. The number of nitrogens with zero attached hydrogens (tertiary/aromatic N) is 1. The lowest BCUT2D eigenvalue weighted by molar-refractivity contribution is 0.174. The van der Waals surface area contributed by atoms with Crippen molar-refractivity contribution in [3.05, 3.63) is 22.4 Å². The molecule has 2 unspecified atom stereocenters. The Balaban J connectivity index is 1.68. The molecule has 2 nitrogen and oxygen atoms in total. The molecule has 2 atom stereocenters. The first-order chi connectivity index (χ1) is 8.27. The molecule has 3 heteroatoms. The summed E-state index contributed by atoms with van der Waals surface area (Å²) in [6, 6.07) is 3.51. The van der Waals surface area contributed by atoms with Gasteiger partial charge in [0.2, 0.25) is 0 Å². The first-order valence-corrected chi connectivity index (χ1v) is 7.67. The average molecular weight is 252 g/mol. The molecule has 1 aromatic heterocycles. The van der Waals surface area contributed by atoms with Crippen LogP contribution in [0.4, 0.5) is 0 Å². The second-order valence-corrected chi connectivity index (χ2v) is 5.93. The van der Waals surface area contributed by atoms with Crippen molar-refractivity contribution in [1.82, 2.24) is 10.2 Å². The van der Waals surface area contributed by atoms with Gasteiger partial charge in [0.1, 0.15) is 0 Å². The van der Waals surface area contributed by atoms with Crippen LogP contribution in [0.25, 0.3) is 0 Å². The molecule has 0 aromatic carbocycles. The summed E-state index contributed by atoms with van der Waals surface area (Å²) < 4.78 is 0. The molecule has 1 aliphatic rings. The fourth-order valence-corrected chi connectivity index (χ4v) is 3.37. The largest absolute Gasteiger partial charge is 0.310 e. The molecule has 0 amide bonds. The predicted molar refractivity (Wildman–Crippen MR) is 75.6 cm³/mol. The molecular weight excluding hydrogens is 228 g/mol. The van der Waals surface area contributed by atoms with Crippen molar-refractivity contribution in [2.75, 3.05) is 20.1 Å². The van der Waals surface area contributed by atoms with E-state index in [9.17, 15) is 0 Å². The van der Waals surface area contributed by atoms with E-state index in [1.165, 1.54) is 37.8 Å². The van der Waals surface area contributed by atoms with Crippen molar-refractivity contribution >= 4 is 11.3 Å². The van der Waals surface area contributed by atoms with Crippen LogP contribution in [0.15, 0.2) is 16.8 Å². The average Bonchev–Trinajstić information content (AvgIpc) is 2.85. The molecule has 0 radical (unpaired) electrons. The number of rotatable bonds is 5. The van der Waals surface area contributed by atoms with Crippen molar-refractivity contribution < 1.29 is 0 Å². The van der Waals surface area contributed by atoms with Gasteiger partial charge in [-0.3, -0.25) is 0 Å². The molecule has 1 saturated heterocycles. The Morgan fingerprint density at radius 3 is 3.12 bits per heavy atom. The van der Waals surface area contributed by atoms with E-state index in [2.05, 4.69) is 41.0 Å². The first-order valence-electron chi connectivity index (χ1n) is 6.73. The molecule has 17 heavy (non-hydrogen) atoms. The molecule has 1 N–H and O–H groups in total. The summed E-state index contributed by atoms with van der Waals surface area (Å²) in [5, 5.41) is 8.03. The van der Waals surface area contributed by atoms with Crippen LogP contribution in [0.3, 0.4) is 0 Å². The summed E-state index contributed by atoms with van der Waals surface area (Å²) in [5.74, 6) is 0. The number of piperidine rings is 1. The van der Waals surface area contributed by atoms with Gasteiger partial charge in [0.25, 0.3) is 0 Å². The lowest BCUT2D eigenvalue weighted by Crippen LogP contribution is -2.38. The summed E-state index contributed by atoms with van der Waals surface area (Å²) in [4.78, 5) is 2.53.